The van der Waals surface area contributed by atoms with Crippen molar-refractivity contribution in [2.24, 2.45) is 0 Å². The number of allylic oxidation sites excluding steroid dienone is 1. The lowest BCUT2D eigenvalue weighted by Gasteiger charge is -2.10. The highest BCUT2D eigenvalue weighted by Crippen LogP contribution is 2.44. The van der Waals surface area contributed by atoms with Crippen LogP contribution in [0.3, 0.4) is 0 Å². The Morgan fingerprint density at radius 2 is 2.14 bits per heavy atom. The molecule has 1 aliphatic heterocycles. The van der Waals surface area contributed by atoms with Gasteiger partial charge in [-0.2, -0.15) is 9.61 Å². The van der Waals surface area contributed by atoms with E-state index >= 15 is 0 Å². The fraction of sp³-hybridized carbons (Fsp3) is 0.200. The normalized spacial score (nSPS) is 16.3. The molecule has 4 aromatic rings. The Morgan fingerprint density at radius 1 is 1.21 bits per heavy atom. The standard InChI is InChI=1S/C20H16ClN5O2S/c1-27-12-2-3-13-15(10-12)22-9-8-16(13)28-11-20-24-23-19-7-4-14(25-26(19)20)17-5-6-18(21)29-17/h2-4,6-10,17H,5,11H2,1H3. The molecule has 0 spiro atoms. The Balaban J connectivity index is 1.41. The quantitative estimate of drug-likeness (QED) is 0.465. The summed E-state index contributed by atoms with van der Waals surface area (Å²) in [6, 6.07) is 11.4. The van der Waals surface area contributed by atoms with Crippen molar-refractivity contribution in [1.29, 1.82) is 0 Å². The molecule has 0 radical (unpaired) electrons. The number of fused-ring (bicyclic) bond motifs is 2. The summed E-state index contributed by atoms with van der Waals surface area (Å²) in [6.07, 6.45) is 4.59. The molecule has 146 valence electrons. The third kappa shape index (κ3) is 3.49. The molecule has 1 aliphatic rings. The van der Waals surface area contributed by atoms with Crippen LogP contribution in [0.25, 0.3) is 16.6 Å². The van der Waals surface area contributed by atoms with Crippen LogP contribution in [-0.2, 0) is 6.61 Å². The Hall–Kier alpha value is -2.84. The van der Waals surface area contributed by atoms with Gasteiger partial charge in [0.05, 0.1) is 27.9 Å². The van der Waals surface area contributed by atoms with E-state index in [9.17, 15) is 0 Å². The van der Waals surface area contributed by atoms with Crippen molar-refractivity contribution in [3.63, 3.8) is 0 Å². The summed E-state index contributed by atoms with van der Waals surface area (Å²) in [6.45, 7) is 0.236. The summed E-state index contributed by atoms with van der Waals surface area (Å²) in [5.41, 5.74) is 2.42. The number of ether oxygens (including phenoxy) is 2. The van der Waals surface area contributed by atoms with E-state index in [4.69, 9.17) is 26.2 Å². The van der Waals surface area contributed by atoms with Crippen molar-refractivity contribution in [1.82, 2.24) is 24.8 Å². The first kappa shape index (κ1) is 18.2. The molecule has 7 nitrogen and oxygen atoms in total. The van der Waals surface area contributed by atoms with Gasteiger partial charge >= 0.3 is 0 Å². The third-order valence-electron chi connectivity index (χ3n) is 4.69. The van der Waals surface area contributed by atoms with Gasteiger partial charge in [0.2, 0.25) is 0 Å². The summed E-state index contributed by atoms with van der Waals surface area (Å²) in [7, 11) is 1.63. The summed E-state index contributed by atoms with van der Waals surface area (Å²) in [5.74, 6) is 2.09. The topological polar surface area (TPSA) is 74.4 Å². The lowest BCUT2D eigenvalue weighted by atomic mass is 10.2. The number of methoxy groups -OCH3 is 1. The molecule has 3 aromatic heterocycles. The highest BCUT2D eigenvalue weighted by Gasteiger charge is 2.21. The molecule has 0 bridgehead atoms. The molecular formula is C20H16ClN5O2S. The van der Waals surface area contributed by atoms with E-state index < -0.39 is 0 Å². The lowest BCUT2D eigenvalue weighted by Crippen LogP contribution is -2.07. The van der Waals surface area contributed by atoms with Crippen LogP contribution in [0.5, 0.6) is 11.5 Å². The molecule has 0 amide bonds. The first-order valence-corrected chi connectivity index (χ1v) is 10.3. The van der Waals surface area contributed by atoms with E-state index in [0.29, 0.717) is 17.2 Å². The SMILES string of the molecule is COc1ccc2c(OCc3nnc4ccc(C5CC=C(Cl)S5)nn34)ccnc2c1. The molecule has 0 saturated heterocycles. The molecule has 1 atom stereocenters. The van der Waals surface area contributed by atoms with Gasteiger partial charge in [0.1, 0.15) is 18.1 Å². The maximum atomic E-state index is 6.10. The molecule has 4 heterocycles. The van der Waals surface area contributed by atoms with E-state index in [1.807, 2.05) is 42.5 Å². The number of hydrogen-bond donors (Lipinski definition) is 0. The van der Waals surface area contributed by atoms with Crippen molar-refractivity contribution in [2.45, 2.75) is 18.3 Å². The molecule has 1 aromatic carbocycles. The van der Waals surface area contributed by atoms with Crippen LogP contribution in [0.2, 0.25) is 0 Å². The maximum Gasteiger partial charge on any atom is 0.192 e. The number of pyridine rings is 1. The van der Waals surface area contributed by atoms with Crippen LogP contribution in [-0.4, -0.2) is 31.9 Å². The highest BCUT2D eigenvalue weighted by molar-refractivity contribution is 8.05. The summed E-state index contributed by atoms with van der Waals surface area (Å²) in [4.78, 5) is 4.38. The van der Waals surface area contributed by atoms with Crippen LogP contribution in [0.4, 0.5) is 0 Å². The Labute approximate surface area is 175 Å². The van der Waals surface area contributed by atoms with Gasteiger partial charge in [-0.25, -0.2) is 0 Å². The number of halogens is 1. The highest BCUT2D eigenvalue weighted by atomic mass is 35.5. The van der Waals surface area contributed by atoms with E-state index in [1.54, 1.807) is 29.6 Å². The average Bonchev–Trinajstić information content (AvgIpc) is 3.37. The zero-order chi connectivity index (χ0) is 19.8. The number of rotatable bonds is 5. The monoisotopic (exact) mass is 425 g/mol. The summed E-state index contributed by atoms with van der Waals surface area (Å²) < 4.78 is 13.9. The van der Waals surface area contributed by atoms with Gasteiger partial charge in [-0.3, -0.25) is 4.98 Å². The first-order valence-electron chi connectivity index (χ1n) is 9.00. The summed E-state index contributed by atoms with van der Waals surface area (Å²) in [5, 5.41) is 14.3. The van der Waals surface area contributed by atoms with Gasteiger partial charge < -0.3 is 9.47 Å². The van der Waals surface area contributed by atoms with Crippen LogP contribution >= 0.6 is 23.4 Å². The van der Waals surface area contributed by atoms with Crippen molar-refractivity contribution in [2.75, 3.05) is 7.11 Å². The van der Waals surface area contributed by atoms with Crippen molar-refractivity contribution >= 4 is 39.9 Å². The molecule has 0 N–H and O–H groups in total. The second-order valence-electron chi connectivity index (χ2n) is 6.48. The minimum atomic E-state index is 0.210. The third-order valence-corrected chi connectivity index (χ3v) is 6.22. The van der Waals surface area contributed by atoms with Gasteiger partial charge in [0, 0.05) is 17.6 Å². The first-order chi connectivity index (χ1) is 14.2. The second kappa shape index (κ2) is 7.53. The summed E-state index contributed by atoms with van der Waals surface area (Å²) >= 11 is 7.71. The van der Waals surface area contributed by atoms with Gasteiger partial charge in [-0.05, 0) is 36.8 Å². The van der Waals surface area contributed by atoms with E-state index in [1.165, 1.54) is 0 Å². The number of nitrogens with zero attached hydrogens (tertiary/aromatic N) is 5. The molecular weight excluding hydrogens is 410 g/mol. The number of hydrogen-bond acceptors (Lipinski definition) is 7. The number of benzene rings is 1. The zero-order valence-electron chi connectivity index (χ0n) is 15.4. The minimum Gasteiger partial charge on any atom is -0.497 e. The molecule has 29 heavy (non-hydrogen) atoms. The fourth-order valence-electron chi connectivity index (χ4n) is 3.22. The largest absolute Gasteiger partial charge is 0.497 e. The smallest absolute Gasteiger partial charge is 0.192 e. The predicted molar refractivity (Wildman–Crippen MR) is 112 cm³/mol. The Bertz CT molecular complexity index is 1240. The van der Waals surface area contributed by atoms with Gasteiger partial charge in [-0.15, -0.1) is 22.0 Å². The maximum absolute atomic E-state index is 6.10. The number of thioether (sulfide) groups is 1. The van der Waals surface area contributed by atoms with Gasteiger partial charge in [-0.1, -0.05) is 17.7 Å². The predicted octanol–water partition coefficient (Wildman–Crippen LogP) is 4.52. The van der Waals surface area contributed by atoms with Crippen LogP contribution in [0, 0.1) is 0 Å². The van der Waals surface area contributed by atoms with Crippen molar-refractivity contribution < 1.29 is 9.47 Å². The molecule has 0 saturated carbocycles. The Kier molecular flexibility index (Phi) is 4.73. The molecule has 0 fully saturated rings. The average molecular weight is 426 g/mol. The van der Waals surface area contributed by atoms with Gasteiger partial charge in [0.25, 0.3) is 0 Å². The Morgan fingerprint density at radius 3 is 2.97 bits per heavy atom. The van der Waals surface area contributed by atoms with E-state index in [0.717, 1.165) is 33.1 Å². The second-order valence-corrected chi connectivity index (χ2v) is 8.35. The van der Waals surface area contributed by atoms with Gasteiger partial charge in [0.15, 0.2) is 11.5 Å². The number of aromatic nitrogens is 5. The van der Waals surface area contributed by atoms with E-state index in [2.05, 4.69) is 15.2 Å². The van der Waals surface area contributed by atoms with Crippen molar-refractivity contribution in [3.05, 3.63) is 64.6 Å². The molecule has 1 unspecified atom stereocenters. The fourth-order valence-corrected chi connectivity index (χ4v) is 4.53. The zero-order valence-corrected chi connectivity index (χ0v) is 17.0. The molecule has 0 aliphatic carbocycles. The van der Waals surface area contributed by atoms with E-state index in [-0.39, 0.29) is 11.9 Å². The van der Waals surface area contributed by atoms with Crippen molar-refractivity contribution in [3.8, 4) is 11.5 Å². The lowest BCUT2D eigenvalue weighted by molar-refractivity contribution is 0.296. The van der Waals surface area contributed by atoms with Crippen LogP contribution < -0.4 is 9.47 Å². The molecule has 5 rings (SSSR count). The van der Waals surface area contributed by atoms with Crippen LogP contribution in [0.15, 0.2) is 53.0 Å². The molecule has 9 heteroatoms. The van der Waals surface area contributed by atoms with Crippen LogP contribution in [0.1, 0.15) is 23.2 Å². The minimum absolute atomic E-state index is 0.210.